The van der Waals surface area contributed by atoms with Gasteiger partial charge in [-0.15, -0.1) is 4.40 Å². The number of carbonyl (C=O) groups excluding carboxylic acids is 1. The van der Waals surface area contributed by atoms with Crippen LogP contribution in [0.1, 0.15) is 26.3 Å². The Balaban J connectivity index is 2.10. The number of amides is 1. The number of ether oxygens (including phenoxy) is 1. The number of anilines is 2. The van der Waals surface area contributed by atoms with E-state index in [1.54, 1.807) is 69.1 Å². The highest BCUT2D eigenvalue weighted by Crippen LogP contribution is 2.22. The van der Waals surface area contributed by atoms with Gasteiger partial charge in [0.2, 0.25) is 0 Å². The van der Waals surface area contributed by atoms with Crippen molar-refractivity contribution in [1.82, 2.24) is 0 Å². The minimum Gasteiger partial charge on any atom is -0.443 e. The number of aryl methyl sites for hydroxylation is 1. The SMILES string of the molecule is Cc1ccc(S(=O)(=O)/N=C(/CN(C(=O)OC(C)(C)C)c2ccccc2)N(C)c2ccccc2)cc1. The predicted molar refractivity (Wildman–Crippen MR) is 141 cm³/mol. The molecule has 3 aromatic carbocycles. The number of hydrogen-bond acceptors (Lipinski definition) is 4. The molecular formula is C27H31N3O4S. The van der Waals surface area contributed by atoms with Crippen LogP contribution in [0.5, 0.6) is 0 Å². The summed E-state index contributed by atoms with van der Waals surface area (Å²) in [5, 5.41) is 0. The van der Waals surface area contributed by atoms with Crippen molar-refractivity contribution in [2.45, 2.75) is 38.2 Å². The Hall–Kier alpha value is -3.65. The monoisotopic (exact) mass is 493 g/mol. The zero-order chi connectivity index (χ0) is 25.6. The van der Waals surface area contributed by atoms with Crippen LogP contribution in [0, 0.1) is 6.92 Å². The summed E-state index contributed by atoms with van der Waals surface area (Å²) in [5.41, 5.74) is 1.49. The average Bonchev–Trinajstić information content (AvgIpc) is 2.81. The third kappa shape index (κ3) is 7.16. The fraction of sp³-hybridized carbons (Fsp3) is 0.259. The maximum absolute atomic E-state index is 13.3. The molecule has 0 saturated carbocycles. The molecule has 0 N–H and O–H groups in total. The normalized spacial score (nSPS) is 12.2. The first-order chi connectivity index (χ1) is 16.5. The van der Waals surface area contributed by atoms with Crippen LogP contribution in [-0.4, -0.2) is 39.5 Å². The van der Waals surface area contributed by atoms with Gasteiger partial charge in [-0.1, -0.05) is 54.1 Å². The highest BCUT2D eigenvalue weighted by atomic mass is 32.2. The smallest absolute Gasteiger partial charge is 0.415 e. The van der Waals surface area contributed by atoms with Gasteiger partial charge in [0.15, 0.2) is 0 Å². The summed E-state index contributed by atoms with van der Waals surface area (Å²) in [6.45, 7) is 7.09. The number of carbonyl (C=O) groups is 1. The molecule has 1 amide bonds. The number of amidine groups is 1. The van der Waals surface area contributed by atoms with E-state index in [2.05, 4.69) is 4.40 Å². The van der Waals surface area contributed by atoms with E-state index in [0.717, 1.165) is 11.3 Å². The summed E-state index contributed by atoms with van der Waals surface area (Å²) in [6, 6.07) is 24.7. The molecule has 0 aliphatic rings. The molecule has 0 unspecified atom stereocenters. The number of para-hydroxylation sites is 2. The van der Waals surface area contributed by atoms with E-state index in [4.69, 9.17) is 4.74 Å². The lowest BCUT2D eigenvalue weighted by Gasteiger charge is -2.30. The van der Waals surface area contributed by atoms with E-state index in [1.807, 2.05) is 43.3 Å². The van der Waals surface area contributed by atoms with Gasteiger partial charge in [0, 0.05) is 18.4 Å². The van der Waals surface area contributed by atoms with Crippen LogP contribution >= 0.6 is 0 Å². The number of likely N-dealkylation sites (N-methyl/N-ethyl adjacent to an activating group) is 1. The molecule has 7 nitrogen and oxygen atoms in total. The Morgan fingerprint density at radius 3 is 1.89 bits per heavy atom. The third-order valence-corrected chi connectivity index (χ3v) is 6.38. The lowest BCUT2D eigenvalue weighted by atomic mass is 10.2. The molecular weight excluding hydrogens is 462 g/mol. The van der Waals surface area contributed by atoms with Crippen molar-refractivity contribution in [3.8, 4) is 0 Å². The van der Waals surface area contributed by atoms with Crippen LogP contribution in [0.15, 0.2) is 94.2 Å². The van der Waals surface area contributed by atoms with Crippen LogP contribution in [-0.2, 0) is 14.8 Å². The highest BCUT2D eigenvalue weighted by molar-refractivity contribution is 7.90. The highest BCUT2D eigenvalue weighted by Gasteiger charge is 2.27. The Labute approximate surface area is 207 Å². The summed E-state index contributed by atoms with van der Waals surface area (Å²) in [6.07, 6.45) is -0.606. The zero-order valence-corrected chi connectivity index (χ0v) is 21.5. The lowest BCUT2D eigenvalue weighted by Crippen LogP contribution is -2.44. The molecule has 0 aliphatic carbocycles. The largest absolute Gasteiger partial charge is 0.443 e. The van der Waals surface area contributed by atoms with Crippen molar-refractivity contribution in [2.24, 2.45) is 4.40 Å². The van der Waals surface area contributed by atoms with E-state index in [0.29, 0.717) is 5.69 Å². The van der Waals surface area contributed by atoms with Crippen LogP contribution in [0.4, 0.5) is 16.2 Å². The second-order valence-corrected chi connectivity index (χ2v) is 10.7. The van der Waals surface area contributed by atoms with Gasteiger partial charge >= 0.3 is 6.09 Å². The predicted octanol–water partition coefficient (Wildman–Crippen LogP) is 5.66. The van der Waals surface area contributed by atoms with Crippen LogP contribution in [0.3, 0.4) is 0 Å². The van der Waals surface area contributed by atoms with Gasteiger partial charge in [-0.2, -0.15) is 8.42 Å². The van der Waals surface area contributed by atoms with Crippen molar-refractivity contribution in [3.63, 3.8) is 0 Å². The molecule has 35 heavy (non-hydrogen) atoms. The van der Waals surface area contributed by atoms with Crippen LogP contribution in [0.2, 0.25) is 0 Å². The molecule has 184 valence electrons. The Kier molecular flexibility index (Phi) is 7.96. The second kappa shape index (κ2) is 10.7. The van der Waals surface area contributed by atoms with Crippen molar-refractivity contribution in [3.05, 3.63) is 90.5 Å². The fourth-order valence-electron chi connectivity index (χ4n) is 3.23. The first-order valence-corrected chi connectivity index (χ1v) is 12.7. The number of hydrogen-bond donors (Lipinski definition) is 0. The Morgan fingerprint density at radius 1 is 0.857 bits per heavy atom. The Bertz CT molecular complexity index is 1270. The summed E-state index contributed by atoms with van der Waals surface area (Å²) in [7, 11) is -2.33. The van der Waals surface area contributed by atoms with Crippen LogP contribution < -0.4 is 9.80 Å². The average molecular weight is 494 g/mol. The molecule has 0 spiro atoms. The van der Waals surface area contributed by atoms with E-state index in [-0.39, 0.29) is 17.3 Å². The molecule has 0 saturated heterocycles. The van der Waals surface area contributed by atoms with Gasteiger partial charge in [0.25, 0.3) is 10.0 Å². The molecule has 0 fully saturated rings. The van der Waals surface area contributed by atoms with Crippen LogP contribution in [0.25, 0.3) is 0 Å². The molecule has 0 heterocycles. The Morgan fingerprint density at radius 2 is 1.37 bits per heavy atom. The molecule has 0 bridgehead atoms. The van der Waals surface area contributed by atoms with E-state index in [1.165, 1.54) is 17.0 Å². The summed E-state index contributed by atoms with van der Waals surface area (Å²) < 4.78 is 36.3. The number of benzene rings is 3. The van der Waals surface area contributed by atoms with Crippen molar-refractivity contribution >= 4 is 33.3 Å². The molecule has 0 aliphatic heterocycles. The van der Waals surface area contributed by atoms with Crippen molar-refractivity contribution in [2.75, 3.05) is 23.4 Å². The van der Waals surface area contributed by atoms with Gasteiger partial charge < -0.3 is 9.64 Å². The first-order valence-electron chi connectivity index (χ1n) is 11.2. The number of sulfonamides is 1. The van der Waals surface area contributed by atoms with Gasteiger partial charge in [-0.05, 0) is 64.1 Å². The molecule has 8 heteroatoms. The minimum atomic E-state index is -4.05. The zero-order valence-electron chi connectivity index (χ0n) is 20.7. The standard InChI is InChI=1S/C27H31N3O4S/c1-21-16-18-24(19-17-21)35(32,33)28-25(29(5)22-12-8-6-9-13-22)20-30(23-14-10-7-11-15-23)26(31)34-27(2,3)4/h6-19H,20H2,1-5H3/b28-25-. The lowest BCUT2D eigenvalue weighted by molar-refractivity contribution is 0.0585. The molecule has 0 radical (unpaired) electrons. The maximum atomic E-state index is 13.3. The van der Waals surface area contributed by atoms with E-state index in [9.17, 15) is 13.2 Å². The quantitative estimate of drug-likeness (QED) is 0.327. The summed E-state index contributed by atoms with van der Waals surface area (Å²) >= 11 is 0. The fourth-order valence-corrected chi connectivity index (χ4v) is 4.27. The second-order valence-electron chi connectivity index (χ2n) is 9.09. The van der Waals surface area contributed by atoms with E-state index < -0.39 is 21.7 Å². The van der Waals surface area contributed by atoms with Gasteiger partial charge in [0.1, 0.15) is 11.4 Å². The maximum Gasteiger partial charge on any atom is 0.415 e. The first kappa shape index (κ1) is 26.0. The van der Waals surface area contributed by atoms with Gasteiger partial charge in [0.05, 0.1) is 11.4 Å². The third-order valence-electron chi connectivity index (χ3n) is 5.06. The van der Waals surface area contributed by atoms with Gasteiger partial charge in [-0.3, -0.25) is 4.90 Å². The topological polar surface area (TPSA) is 79.3 Å². The molecule has 3 rings (SSSR count). The number of nitrogens with zero attached hydrogens (tertiary/aromatic N) is 3. The summed E-state index contributed by atoms with van der Waals surface area (Å²) in [5.74, 6) is 0.159. The van der Waals surface area contributed by atoms with Crippen molar-refractivity contribution in [1.29, 1.82) is 0 Å². The summed E-state index contributed by atoms with van der Waals surface area (Å²) in [4.78, 5) is 16.3. The molecule has 0 atom stereocenters. The minimum absolute atomic E-state index is 0.0746. The van der Waals surface area contributed by atoms with E-state index >= 15 is 0 Å². The number of rotatable bonds is 6. The molecule has 3 aromatic rings. The molecule has 0 aromatic heterocycles. The van der Waals surface area contributed by atoms with Crippen molar-refractivity contribution < 1.29 is 17.9 Å². The van der Waals surface area contributed by atoms with Gasteiger partial charge in [-0.25, -0.2) is 4.79 Å².